The van der Waals surface area contributed by atoms with Gasteiger partial charge in [-0.1, -0.05) is 23.9 Å². The molecular weight excluding hydrogens is 346 g/mol. The molecule has 2 aromatic heterocycles. The number of amides is 1. The van der Waals surface area contributed by atoms with Crippen LogP contribution < -0.4 is 5.32 Å². The second kappa shape index (κ2) is 6.98. The Bertz CT molecular complexity index is 924. The molecule has 6 nitrogen and oxygen atoms in total. The van der Waals surface area contributed by atoms with E-state index in [1.165, 1.54) is 36.3 Å². The van der Waals surface area contributed by atoms with Crippen molar-refractivity contribution in [3.63, 3.8) is 0 Å². The van der Waals surface area contributed by atoms with E-state index in [0.717, 1.165) is 26.3 Å². The number of hydrogen-bond acceptors (Lipinski definition) is 6. The van der Waals surface area contributed by atoms with Gasteiger partial charge in [0.15, 0.2) is 0 Å². The number of carbonyl (C=O) groups excluding carboxylic acids is 1. The minimum absolute atomic E-state index is 0.0443. The summed E-state index contributed by atoms with van der Waals surface area (Å²) in [5, 5.41) is 12.3. The Morgan fingerprint density at radius 3 is 2.88 bits per heavy atom. The molecule has 0 bridgehead atoms. The molecule has 8 heteroatoms. The van der Waals surface area contributed by atoms with Gasteiger partial charge in [0.1, 0.15) is 11.4 Å². The molecule has 0 fully saturated rings. The average molecular weight is 359 g/mol. The third-order valence-corrected chi connectivity index (χ3v) is 5.36. The lowest BCUT2D eigenvalue weighted by atomic mass is 10.1. The lowest BCUT2D eigenvalue weighted by molar-refractivity contribution is -0.133. The first-order valence-electron chi connectivity index (χ1n) is 7.00. The first kappa shape index (κ1) is 16.4. The summed E-state index contributed by atoms with van der Waals surface area (Å²) in [6.07, 6.45) is 1.44. The number of benzene rings is 1. The predicted octanol–water partition coefficient (Wildman–Crippen LogP) is 3.49. The number of carboxylic acid groups (broad SMARTS) is 1. The van der Waals surface area contributed by atoms with E-state index in [4.69, 9.17) is 5.11 Å². The molecule has 0 saturated heterocycles. The lowest BCUT2D eigenvalue weighted by Gasteiger charge is -2.03. The van der Waals surface area contributed by atoms with Crippen LogP contribution in [0.4, 0.5) is 5.69 Å². The minimum atomic E-state index is -0.883. The monoisotopic (exact) mass is 359 g/mol. The van der Waals surface area contributed by atoms with Crippen LogP contribution in [-0.2, 0) is 9.59 Å². The minimum Gasteiger partial charge on any atom is -0.481 e. The van der Waals surface area contributed by atoms with E-state index in [2.05, 4.69) is 15.3 Å². The van der Waals surface area contributed by atoms with Gasteiger partial charge in [-0.3, -0.25) is 9.59 Å². The van der Waals surface area contributed by atoms with Gasteiger partial charge in [0.2, 0.25) is 5.91 Å². The van der Waals surface area contributed by atoms with E-state index in [1.807, 2.05) is 30.3 Å². The molecule has 2 N–H and O–H groups in total. The van der Waals surface area contributed by atoms with Gasteiger partial charge >= 0.3 is 5.97 Å². The molecular formula is C16H13N3O3S2. The molecule has 122 valence electrons. The van der Waals surface area contributed by atoms with Gasteiger partial charge in [0.25, 0.3) is 0 Å². The van der Waals surface area contributed by atoms with Crippen LogP contribution in [0.5, 0.6) is 0 Å². The molecule has 0 aliphatic heterocycles. The van der Waals surface area contributed by atoms with Gasteiger partial charge in [-0.25, -0.2) is 9.97 Å². The maximum atomic E-state index is 11.2. The number of carbonyl (C=O) groups is 2. The van der Waals surface area contributed by atoms with Crippen molar-refractivity contribution in [3.8, 4) is 10.4 Å². The Hall–Kier alpha value is -2.45. The topological polar surface area (TPSA) is 92.2 Å². The van der Waals surface area contributed by atoms with Crippen LogP contribution >= 0.6 is 23.1 Å². The number of nitrogens with zero attached hydrogens (tertiary/aromatic N) is 2. The molecule has 3 aromatic rings. The van der Waals surface area contributed by atoms with Gasteiger partial charge in [-0.15, -0.1) is 11.3 Å². The number of hydrogen-bond donors (Lipinski definition) is 2. The quantitative estimate of drug-likeness (QED) is 0.535. The number of carboxylic acids is 1. The van der Waals surface area contributed by atoms with Crippen LogP contribution in [0.1, 0.15) is 6.92 Å². The predicted molar refractivity (Wildman–Crippen MR) is 95.5 cm³/mol. The van der Waals surface area contributed by atoms with Gasteiger partial charge in [0.05, 0.1) is 16.0 Å². The van der Waals surface area contributed by atoms with Crippen LogP contribution in [0.25, 0.3) is 20.7 Å². The van der Waals surface area contributed by atoms with Crippen molar-refractivity contribution in [2.45, 2.75) is 11.9 Å². The number of anilines is 1. The molecule has 1 amide bonds. The van der Waals surface area contributed by atoms with E-state index in [9.17, 15) is 9.59 Å². The largest absolute Gasteiger partial charge is 0.481 e. The summed E-state index contributed by atoms with van der Waals surface area (Å²) < 4.78 is 0.865. The Morgan fingerprint density at radius 2 is 2.12 bits per heavy atom. The van der Waals surface area contributed by atoms with Crippen LogP contribution in [0, 0.1) is 0 Å². The number of aromatic nitrogens is 2. The standard InChI is InChI=1S/C16H13N3O3S2/c1-9(20)19-11-4-2-3-10(5-11)13-6-12-15(24-13)16(18-8-17-12)23-7-14(21)22/h2-6,8H,7H2,1H3,(H,19,20)(H,21,22). The van der Waals surface area contributed by atoms with E-state index < -0.39 is 5.97 Å². The third kappa shape index (κ3) is 3.72. The summed E-state index contributed by atoms with van der Waals surface area (Å²) in [6.45, 7) is 1.47. The van der Waals surface area contributed by atoms with Gasteiger partial charge in [-0.2, -0.15) is 0 Å². The zero-order valence-corrected chi connectivity index (χ0v) is 14.3. The zero-order chi connectivity index (χ0) is 17.1. The summed E-state index contributed by atoms with van der Waals surface area (Å²) in [6, 6.07) is 9.49. The van der Waals surface area contributed by atoms with E-state index in [1.54, 1.807) is 0 Å². The van der Waals surface area contributed by atoms with Crippen LogP contribution in [0.15, 0.2) is 41.7 Å². The highest BCUT2D eigenvalue weighted by Crippen LogP contribution is 2.37. The second-order valence-corrected chi connectivity index (χ2v) is 6.96. The molecule has 0 radical (unpaired) electrons. The summed E-state index contributed by atoms with van der Waals surface area (Å²) in [7, 11) is 0. The number of thioether (sulfide) groups is 1. The Balaban J connectivity index is 1.97. The second-order valence-electron chi connectivity index (χ2n) is 4.95. The molecule has 0 saturated carbocycles. The van der Waals surface area contributed by atoms with Crippen LogP contribution in [0.3, 0.4) is 0 Å². The van der Waals surface area contributed by atoms with Crippen molar-refractivity contribution in [2.24, 2.45) is 0 Å². The van der Waals surface area contributed by atoms with E-state index in [0.29, 0.717) is 5.03 Å². The molecule has 1 aromatic carbocycles. The molecule has 0 atom stereocenters. The Morgan fingerprint density at radius 1 is 1.29 bits per heavy atom. The van der Waals surface area contributed by atoms with Gasteiger partial charge < -0.3 is 10.4 Å². The third-order valence-electron chi connectivity index (χ3n) is 3.08. The molecule has 0 aliphatic carbocycles. The number of aliphatic carboxylic acids is 1. The average Bonchev–Trinajstić information content (AvgIpc) is 2.97. The summed E-state index contributed by atoms with van der Waals surface area (Å²) in [5.41, 5.74) is 2.46. The number of fused-ring (bicyclic) bond motifs is 1. The van der Waals surface area contributed by atoms with E-state index >= 15 is 0 Å². The SMILES string of the molecule is CC(=O)Nc1cccc(-c2cc3ncnc(SCC(=O)O)c3s2)c1. The molecule has 24 heavy (non-hydrogen) atoms. The number of thiophene rings is 1. The van der Waals surface area contributed by atoms with Crippen LogP contribution in [-0.4, -0.2) is 32.7 Å². The summed E-state index contributed by atoms with van der Waals surface area (Å²) in [4.78, 5) is 31.4. The normalized spacial score (nSPS) is 10.7. The van der Waals surface area contributed by atoms with Crippen molar-refractivity contribution in [2.75, 3.05) is 11.1 Å². The maximum absolute atomic E-state index is 11.2. The zero-order valence-electron chi connectivity index (χ0n) is 12.6. The fourth-order valence-corrected chi connectivity index (χ4v) is 4.07. The fraction of sp³-hybridized carbons (Fsp3) is 0.125. The molecule has 3 rings (SSSR count). The molecule has 0 spiro atoms. The van der Waals surface area contributed by atoms with Crippen molar-refractivity contribution >= 4 is 50.9 Å². The number of rotatable bonds is 5. The van der Waals surface area contributed by atoms with Crippen molar-refractivity contribution in [1.29, 1.82) is 0 Å². The first-order chi connectivity index (χ1) is 11.5. The highest BCUT2D eigenvalue weighted by atomic mass is 32.2. The Labute approximate surface area is 145 Å². The van der Waals surface area contributed by atoms with Gasteiger partial charge in [-0.05, 0) is 23.8 Å². The first-order valence-corrected chi connectivity index (χ1v) is 8.80. The molecule has 0 unspecified atom stereocenters. The van der Waals surface area contributed by atoms with Crippen molar-refractivity contribution < 1.29 is 14.7 Å². The summed E-state index contributed by atoms with van der Waals surface area (Å²) >= 11 is 2.69. The molecule has 2 heterocycles. The molecule has 0 aliphatic rings. The smallest absolute Gasteiger partial charge is 0.313 e. The van der Waals surface area contributed by atoms with Crippen LogP contribution in [0.2, 0.25) is 0 Å². The fourth-order valence-electron chi connectivity index (χ4n) is 2.16. The van der Waals surface area contributed by atoms with Crippen molar-refractivity contribution in [1.82, 2.24) is 9.97 Å². The van der Waals surface area contributed by atoms with Crippen molar-refractivity contribution in [3.05, 3.63) is 36.7 Å². The summed E-state index contributed by atoms with van der Waals surface area (Å²) in [5.74, 6) is -1.05. The Kier molecular flexibility index (Phi) is 4.77. The highest BCUT2D eigenvalue weighted by Gasteiger charge is 2.12. The highest BCUT2D eigenvalue weighted by molar-refractivity contribution is 8.00. The number of nitrogens with one attached hydrogen (secondary N) is 1. The van der Waals surface area contributed by atoms with Gasteiger partial charge in [0, 0.05) is 17.5 Å². The lowest BCUT2D eigenvalue weighted by Crippen LogP contribution is -2.05. The maximum Gasteiger partial charge on any atom is 0.313 e. The van der Waals surface area contributed by atoms with E-state index in [-0.39, 0.29) is 11.7 Å².